The van der Waals surface area contributed by atoms with E-state index in [-0.39, 0.29) is 29.7 Å². The molecule has 2 aromatic rings. The number of hydrazine groups is 1. The molecule has 2 saturated heterocycles. The number of amides is 1. The molecule has 2 N–H and O–H groups in total. The molecule has 0 saturated carbocycles. The molecule has 3 atom stereocenters. The Bertz CT molecular complexity index is 926. The lowest BCUT2D eigenvalue weighted by Gasteiger charge is -2.41. The zero-order chi connectivity index (χ0) is 21.4. The molecule has 3 aliphatic rings. The SMILES string of the molecule is CN(C(=O)C1CNNC1c1ccccc1F)C1CCCN(C2Cc3ccccc3C2)C1. The van der Waals surface area contributed by atoms with Crippen LogP contribution in [0.4, 0.5) is 4.39 Å². The summed E-state index contributed by atoms with van der Waals surface area (Å²) in [6.07, 6.45) is 4.34. The number of likely N-dealkylation sites (tertiary alicyclic amines) is 1. The van der Waals surface area contributed by atoms with Crippen LogP contribution in [0.3, 0.4) is 0 Å². The van der Waals surface area contributed by atoms with Crippen molar-refractivity contribution in [3.8, 4) is 0 Å². The van der Waals surface area contributed by atoms with Crippen molar-refractivity contribution < 1.29 is 9.18 Å². The third-order valence-corrected chi connectivity index (χ3v) is 7.41. The van der Waals surface area contributed by atoms with Crippen molar-refractivity contribution in [3.63, 3.8) is 0 Å². The van der Waals surface area contributed by atoms with Gasteiger partial charge in [-0.1, -0.05) is 42.5 Å². The molecule has 0 radical (unpaired) electrons. The second-order valence-corrected chi connectivity index (χ2v) is 9.20. The van der Waals surface area contributed by atoms with Gasteiger partial charge in [0.25, 0.3) is 0 Å². The highest BCUT2D eigenvalue weighted by molar-refractivity contribution is 5.80. The molecule has 6 heteroatoms. The smallest absolute Gasteiger partial charge is 0.229 e. The maximum atomic E-state index is 14.4. The molecular weight excluding hydrogens is 391 g/mol. The molecule has 5 rings (SSSR count). The zero-order valence-electron chi connectivity index (χ0n) is 18.1. The first-order chi connectivity index (χ1) is 15.1. The minimum atomic E-state index is -0.347. The molecule has 0 spiro atoms. The van der Waals surface area contributed by atoms with Crippen LogP contribution in [0.15, 0.2) is 48.5 Å². The third-order valence-electron chi connectivity index (χ3n) is 7.41. The van der Waals surface area contributed by atoms with E-state index < -0.39 is 0 Å². The lowest BCUT2D eigenvalue weighted by Crippen LogP contribution is -2.53. The summed E-state index contributed by atoms with van der Waals surface area (Å²) in [7, 11) is 1.93. The molecule has 1 amide bonds. The lowest BCUT2D eigenvalue weighted by molar-refractivity contribution is -0.137. The molecular formula is C25H31FN4O. The highest BCUT2D eigenvalue weighted by Crippen LogP contribution is 2.31. The second kappa shape index (κ2) is 8.69. The summed E-state index contributed by atoms with van der Waals surface area (Å²) in [5, 5.41) is 0. The summed E-state index contributed by atoms with van der Waals surface area (Å²) in [6, 6.07) is 15.9. The number of halogens is 1. The fourth-order valence-corrected chi connectivity index (χ4v) is 5.62. The predicted molar refractivity (Wildman–Crippen MR) is 119 cm³/mol. The van der Waals surface area contributed by atoms with Gasteiger partial charge in [0.05, 0.1) is 12.0 Å². The van der Waals surface area contributed by atoms with Gasteiger partial charge in [-0.3, -0.25) is 15.1 Å². The molecule has 2 fully saturated rings. The number of nitrogens with zero attached hydrogens (tertiary/aromatic N) is 2. The van der Waals surface area contributed by atoms with E-state index in [0.29, 0.717) is 18.2 Å². The van der Waals surface area contributed by atoms with Gasteiger partial charge in [0.2, 0.25) is 5.91 Å². The highest BCUT2D eigenvalue weighted by atomic mass is 19.1. The van der Waals surface area contributed by atoms with E-state index in [1.54, 1.807) is 12.1 Å². The van der Waals surface area contributed by atoms with Crippen LogP contribution in [-0.4, -0.2) is 54.5 Å². The highest BCUT2D eigenvalue weighted by Gasteiger charge is 2.40. The quantitative estimate of drug-likeness (QED) is 0.796. The fraction of sp³-hybridized carbons (Fsp3) is 0.480. The molecule has 3 unspecified atom stereocenters. The van der Waals surface area contributed by atoms with Gasteiger partial charge in [-0.2, -0.15) is 0 Å². The molecule has 164 valence electrons. The van der Waals surface area contributed by atoms with Gasteiger partial charge in [0.15, 0.2) is 0 Å². The van der Waals surface area contributed by atoms with Crippen LogP contribution >= 0.6 is 0 Å². The van der Waals surface area contributed by atoms with E-state index in [9.17, 15) is 9.18 Å². The number of hydrogen-bond donors (Lipinski definition) is 2. The molecule has 31 heavy (non-hydrogen) atoms. The first kappa shape index (κ1) is 20.6. The minimum absolute atomic E-state index is 0.0901. The van der Waals surface area contributed by atoms with Crippen molar-refractivity contribution in [2.24, 2.45) is 5.92 Å². The van der Waals surface area contributed by atoms with Crippen LogP contribution in [-0.2, 0) is 17.6 Å². The van der Waals surface area contributed by atoms with E-state index in [2.05, 4.69) is 40.0 Å². The van der Waals surface area contributed by atoms with Crippen molar-refractivity contribution >= 4 is 5.91 Å². The fourth-order valence-electron chi connectivity index (χ4n) is 5.62. The molecule has 1 aliphatic carbocycles. The van der Waals surface area contributed by atoms with Gasteiger partial charge in [-0.15, -0.1) is 0 Å². The Kier molecular flexibility index (Phi) is 5.78. The van der Waals surface area contributed by atoms with E-state index >= 15 is 0 Å². The van der Waals surface area contributed by atoms with Gasteiger partial charge >= 0.3 is 0 Å². The summed E-state index contributed by atoms with van der Waals surface area (Å²) in [6.45, 7) is 2.52. The van der Waals surface area contributed by atoms with Crippen molar-refractivity contribution in [1.82, 2.24) is 20.7 Å². The number of carbonyl (C=O) groups is 1. The van der Waals surface area contributed by atoms with E-state index in [0.717, 1.165) is 38.8 Å². The summed E-state index contributed by atoms with van der Waals surface area (Å²) in [4.78, 5) is 18.0. The largest absolute Gasteiger partial charge is 0.341 e. The second-order valence-electron chi connectivity index (χ2n) is 9.20. The van der Waals surface area contributed by atoms with Gasteiger partial charge in [0.1, 0.15) is 5.82 Å². The average Bonchev–Trinajstić information content (AvgIpc) is 3.46. The van der Waals surface area contributed by atoms with E-state index in [1.807, 2.05) is 18.0 Å². The average molecular weight is 423 g/mol. The topological polar surface area (TPSA) is 47.6 Å². The first-order valence-electron chi connectivity index (χ1n) is 11.4. The van der Waals surface area contributed by atoms with Crippen molar-refractivity contribution in [3.05, 3.63) is 71.0 Å². The zero-order valence-corrected chi connectivity index (χ0v) is 18.1. The summed E-state index contributed by atoms with van der Waals surface area (Å²) < 4.78 is 14.4. The Morgan fingerprint density at radius 2 is 1.81 bits per heavy atom. The maximum absolute atomic E-state index is 14.4. The Hall–Kier alpha value is -2.28. The number of fused-ring (bicyclic) bond motifs is 1. The Labute approximate surface area is 183 Å². The molecule has 0 bridgehead atoms. The van der Waals surface area contributed by atoms with Crippen LogP contribution in [0.25, 0.3) is 0 Å². The van der Waals surface area contributed by atoms with Crippen LogP contribution in [0.1, 0.15) is 35.6 Å². The van der Waals surface area contributed by atoms with Crippen molar-refractivity contribution in [1.29, 1.82) is 0 Å². The number of piperidine rings is 1. The van der Waals surface area contributed by atoms with Gasteiger partial charge in [-0.05, 0) is 49.4 Å². The monoisotopic (exact) mass is 422 g/mol. The number of rotatable bonds is 4. The Morgan fingerprint density at radius 1 is 1.10 bits per heavy atom. The van der Waals surface area contributed by atoms with Gasteiger partial charge in [0, 0.05) is 37.8 Å². The van der Waals surface area contributed by atoms with E-state index in [1.165, 1.54) is 17.2 Å². The molecule has 2 aliphatic heterocycles. The first-order valence-corrected chi connectivity index (χ1v) is 11.4. The molecule has 5 nitrogen and oxygen atoms in total. The summed E-state index contributed by atoms with van der Waals surface area (Å²) >= 11 is 0. The van der Waals surface area contributed by atoms with Gasteiger partial charge in [-0.25, -0.2) is 9.82 Å². The number of carbonyl (C=O) groups excluding carboxylic acids is 1. The van der Waals surface area contributed by atoms with Crippen LogP contribution in [0.5, 0.6) is 0 Å². The number of likely N-dealkylation sites (N-methyl/N-ethyl adjacent to an activating group) is 1. The number of nitrogens with one attached hydrogen (secondary N) is 2. The molecule has 2 aromatic carbocycles. The van der Waals surface area contributed by atoms with E-state index in [4.69, 9.17) is 0 Å². The van der Waals surface area contributed by atoms with Crippen molar-refractivity contribution in [2.75, 3.05) is 26.7 Å². The minimum Gasteiger partial charge on any atom is -0.341 e. The normalized spacial score (nSPS) is 26.7. The Balaban J connectivity index is 1.26. The Morgan fingerprint density at radius 3 is 2.55 bits per heavy atom. The number of benzene rings is 2. The summed E-state index contributed by atoms with van der Waals surface area (Å²) in [5.41, 5.74) is 9.68. The third kappa shape index (κ3) is 4.00. The maximum Gasteiger partial charge on any atom is 0.229 e. The molecule has 2 heterocycles. The van der Waals surface area contributed by atoms with Gasteiger partial charge < -0.3 is 4.90 Å². The van der Waals surface area contributed by atoms with Crippen LogP contribution in [0.2, 0.25) is 0 Å². The molecule has 0 aromatic heterocycles. The van der Waals surface area contributed by atoms with Crippen molar-refractivity contribution in [2.45, 2.75) is 43.8 Å². The van der Waals surface area contributed by atoms with Crippen LogP contribution in [0, 0.1) is 11.7 Å². The summed E-state index contributed by atoms with van der Waals surface area (Å²) in [5.74, 6) is -0.492. The number of hydrogen-bond acceptors (Lipinski definition) is 4. The van der Waals surface area contributed by atoms with Crippen LogP contribution < -0.4 is 10.9 Å². The predicted octanol–water partition coefficient (Wildman–Crippen LogP) is 2.68. The standard InChI is InChI=1S/C25H31FN4O/c1-29(25(31)22-15-27-28-24(22)21-10-4-5-11-23(21)26)19-9-6-12-30(16-19)20-13-17-7-2-3-8-18(17)14-20/h2-5,7-8,10-11,19-20,22,24,27-28H,6,9,12-16H2,1H3. The lowest BCUT2D eigenvalue weighted by atomic mass is 9.92.